The summed E-state index contributed by atoms with van der Waals surface area (Å²) in [6, 6.07) is -0.650. The van der Waals surface area contributed by atoms with E-state index in [1.54, 1.807) is 6.08 Å². The lowest BCUT2D eigenvalue weighted by molar-refractivity contribution is -0.123. The van der Waals surface area contributed by atoms with E-state index in [-0.39, 0.29) is 12.5 Å². The van der Waals surface area contributed by atoms with Gasteiger partial charge in [0.25, 0.3) is 0 Å². The van der Waals surface area contributed by atoms with Crippen molar-refractivity contribution in [3.63, 3.8) is 0 Å². The van der Waals surface area contributed by atoms with Crippen molar-refractivity contribution < 1.29 is 15.0 Å². The molecule has 0 aliphatic heterocycles. The molecule has 4 heteroatoms. The Kier molecular flexibility index (Phi) is 66.2. The topological polar surface area (TPSA) is 69.6 Å². The summed E-state index contributed by atoms with van der Waals surface area (Å²) < 4.78 is 0. The Balaban J connectivity index is 3.50. The molecule has 3 N–H and O–H groups in total. The number of carbonyl (C=O) groups excluding carboxylic acids is 1. The van der Waals surface area contributed by atoms with Crippen molar-refractivity contribution in [2.24, 2.45) is 0 Å². The first-order valence-electron chi connectivity index (χ1n) is 34.5. The molecule has 0 saturated heterocycles. The van der Waals surface area contributed by atoms with E-state index >= 15 is 0 Å². The molecule has 0 rings (SSSR count). The second-order valence-corrected chi connectivity index (χ2v) is 23.2. The first-order valence-corrected chi connectivity index (χ1v) is 34.5. The minimum Gasteiger partial charge on any atom is -0.394 e. The van der Waals surface area contributed by atoms with Crippen LogP contribution in [0.3, 0.4) is 0 Å². The lowest BCUT2D eigenvalue weighted by Gasteiger charge is -2.19. The van der Waals surface area contributed by atoms with Crippen LogP contribution in [0.25, 0.3) is 0 Å². The third kappa shape index (κ3) is 64.1. The zero-order valence-electron chi connectivity index (χ0n) is 52.2. The van der Waals surface area contributed by atoms with Gasteiger partial charge < -0.3 is 15.5 Å². The predicted molar refractivity (Wildman–Crippen MR) is 350 cm³/mol. The third-order valence-corrected chi connectivity index (χ3v) is 15.5. The van der Waals surface area contributed by atoms with Gasteiger partial charge >= 0.3 is 0 Å². The van der Waals surface area contributed by atoms with Crippen molar-refractivity contribution in [2.75, 3.05) is 6.61 Å². The molecule has 0 aromatic heterocycles. The Hall–Kier alpha value is -2.69. The molecular formula is C74H133NO3. The van der Waals surface area contributed by atoms with Gasteiger partial charge in [-0.2, -0.15) is 0 Å². The third-order valence-electron chi connectivity index (χ3n) is 15.5. The lowest BCUT2D eigenvalue weighted by Crippen LogP contribution is -2.45. The number of carbonyl (C=O) groups is 1. The molecule has 0 spiro atoms. The fraction of sp³-hybridized carbons (Fsp3) is 0.770. The fourth-order valence-corrected chi connectivity index (χ4v) is 10.4. The van der Waals surface area contributed by atoms with E-state index in [0.717, 1.165) is 70.6 Å². The van der Waals surface area contributed by atoms with E-state index < -0.39 is 12.1 Å². The summed E-state index contributed by atoms with van der Waals surface area (Å²) in [5.74, 6) is -0.0744. The number of allylic oxidation sites excluding steroid dienone is 15. The van der Waals surface area contributed by atoms with Gasteiger partial charge in [0.05, 0.1) is 18.8 Å². The fourth-order valence-electron chi connectivity index (χ4n) is 10.4. The Morgan fingerprint density at radius 2 is 0.577 bits per heavy atom. The molecule has 4 nitrogen and oxygen atoms in total. The smallest absolute Gasteiger partial charge is 0.220 e. The highest BCUT2D eigenvalue weighted by Gasteiger charge is 2.18. The molecule has 0 aliphatic carbocycles. The molecule has 2 atom stereocenters. The molecule has 0 aromatic carbocycles. The number of aliphatic hydroxyl groups excluding tert-OH is 2. The molecule has 0 heterocycles. The van der Waals surface area contributed by atoms with Crippen LogP contribution in [-0.4, -0.2) is 34.9 Å². The number of hydrogen-bond donors (Lipinski definition) is 3. The maximum Gasteiger partial charge on any atom is 0.220 e. The van der Waals surface area contributed by atoms with Crippen molar-refractivity contribution in [3.05, 3.63) is 97.2 Å². The highest BCUT2D eigenvalue weighted by atomic mass is 16.3. The minimum absolute atomic E-state index is 0.0744. The molecule has 0 aliphatic rings. The summed E-state index contributed by atoms with van der Waals surface area (Å²) in [7, 11) is 0. The Bertz CT molecular complexity index is 1420. The van der Waals surface area contributed by atoms with E-state index in [1.807, 2.05) is 6.08 Å². The SMILES string of the molecule is CC/C=C\C/C=C\C/C=C\C/C=C\C/C=C\CCCCCCCCCCCCCCCCCCCCCCCC(=O)NC(CO)C(O)/C=C/CC/C=C/CC/C=C/CCCCCCCCCCCCCCCCCCCCC. The summed E-state index contributed by atoms with van der Waals surface area (Å²) in [5, 5.41) is 23.3. The molecule has 78 heavy (non-hydrogen) atoms. The molecule has 0 saturated carbocycles. The van der Waals surface area contributed by atoms with Gasteiger partial charge in [0, 0.05) is 6.42 Å². The van der Waals surface area contributed by atoms with Crippen molar-refractivity contribution in [2.45, 2.75) is 360 Å². The number of rotatable bonds is 63. The second kappa shape index (κ2) is 68.6. The standard InChI is InChI=1S/C74H133NO3/c1-3-5-7-9-11-13-15-17-19-21-23-25-27-29-31-33-34-35-36-37-38-39-40-42-44-46-48-50-52-54-56-58-60-62-64-66-68-70-74(78)75-72(71-76)73(77)69-67-65-63-61-59-57-55-53-51-49-47-45-43-41-32-30-28-26-24-22-20-18-16-14-12-10-8-6-4-2/h5,7,11,13,17,19,23,25,29,31,51,53,59,61,67,69,72-73,76-77H,3-4,6,8-10,12,14-16,18,20-22,24,26-28,30,32-50,52,54-58,60,62-66,68,70-71H2,1-2H3,(H,75,78)/b7-5-,13-11-,19-17-,25-23-,31-29-,53-51+,61-59+,69-67+. The molecule has 452 valence electrons. The summed E-state index contributed by atoms with van der Waals surface area (Å²) in [6.45, 7) is 4.21. The number of nitrogens with one attached hydrogen (secondary N) is 1. The van der Waals surface area contributed by atoms with Crippen LogP contribution in [0, 0.1) is 0 Å². The van der Waals surface area contributed by atoms with Crippen LogP contribution in [0.4, 0.5) is 0 Å². The van der Waals surface area contributed by atoms with Crippen molar-refractivity contribution in [3.8, 4) is 0 Å². The van der Waals surface area contributed by atoms with Gasteiger partial charge in [-0.1, -0.05) is 349 Å². The van der Waals surface area contributed by atoms with Gasteiger partial charge in [-0.15, -0.1) is 0 Å². The van der Waals surface area contributed by atoms with E-state index in [1.165, 1.54) is 257 Å². The summed E-state index contributed by atoms with van der Waals surface area (Å²) >= 11 is 0. The normalized spacial score (nSPS) is 13.3. The average Bonchev–Trinajstić information content (AvgIpc) is 3.44. The summed E-state index contributed by atoms with van der Waals surface area (Å²) in [6.07, 6.45) is 102. The Labute approximate surface area is 487 Å². The number of unbranched alkanes of at least 4 members (excludes halogenated alkanes) is 42. The quantitative estimate of drug-likeness (QED) is 0.0420. The monoisotopic (exact) mass is 1080 g/mol. The Morgan fingerprint density at radius 3 is 0.897 bits per heavy atom. The van der Waals surface area contributed by atoms with E-state index in [2.05, 4.69) is 104 Å². The second-order valence-electron chi connectivity index (χ2n) is 23.2. The van der Waals surface area contributed by atoms with Gasteiger partial charge in [0.15, 0.2) is 0 Å². The van der Waals surface area contributed by atoms with E-state index in [4.69, 9.17) is 0 Å². The molecule has 0 bridgehead atoms. The zero-order valence-corrected chi connectivity index (χ0v) is 52.2. The van der Waals surface area contributed by atoms with Crippen molar-refractivity contribution >= 4 is 5.91 Å². The van der Waals surface area contributed by atoms with Crippen LogP contribution in [0.15, 0.2) is 97.2 Å². The molecule has 2 unspecified atom stereocenters. The van der Waals surface area contributed by atoms with E-state index in [0.29, 0.717) is 6.42 Å². The van der Waals surface area contributed by atoms with Gasteiger partial charge in [0.1, 0.15) is 0 Å². The highest BCUT2D eigenvalue weighted by Crippen LogP contribution is 2.18. The first kappa shape index (κ1) is 75.3. The van der Waals surface area contributed by atoms with Gasteiger partial charge in [-0.25, -0.2) is 0 Å². The number of amides is 1. The average molecular weight is 1080 g/mol. The van der Waals surface area contributed by atoms with Crippen LogP contribution in [0.1, 0.15) is 348 Å². The van der Waals surface area contributed by atoms with Gasteiger partial charge in [-0.3, -0.25) is 4.79 Å². The molecule has 0 aromatic rings. The Morgan fingerprint density at radius 1 is 0.321 bits per heavy atom. The maximum absolute atomic E-state index is 12.5. The summed E-state index contributed by atoms with van der Waals surface area (Å²) in [4.78, 5) is 12.5. The van der Waals surface area contributed by atoms with E-state index in [9.17, 15) is 15.0 Å². The van der Waals surface area contributed by atoms with Crippen LogP contribution in [0.2, 0.25) is 0 Å². The van der Waals surface area contributed by atoms with Gasteiger partial charge in [-0.05, 0) is 89.9 Å². The molecule has 0 fully saturated rings. The van der Waals surface area contributed by atoms with Crippen LogP contribution in [0.5, 0.6) is 0 Å². The number of aliphatic hydroxyl groups is 2. The molecular weight excluding hydrogens is 951 g/mol. The minimum atomic E-state index is -0.875. The van der Waals surface area contributed by atoms with Gasteiger partial charge in [0.2, 0.25) is 5.91 Å². The number of hydrogen-bond acceptors (Lipinski definition) is 3. The predicted octanol–water partition coefficient (Wildman–Crippen LogP) is 23.6. The molecule has 0 radical (unpaired) electrons. The summed E-state index contributed by atoms with van der Waals surface area (Å²) in [5.41, 5.74) is 0. The van der Waals surface area contributed by atoms with Crippen LogP contribution < -0.4 is 5.32 Å². The van der Waals surface area contributed by atoms with Crippen molar-refractivity contribution in [1.82, 2.24) is 5.32 Å². The maximum atomic E-state index is 12.5. The molecule has 1 amide bonds. The largest absolute Gasteiger partial charge is 0.394 e. The highest BCUT2D eigenvalue weighted by molar-refractivity contribution is 5.76. The van der Waals surface area contributed by atoms with Crippen molar-refractivity contribution in [1.29, 1.82) is 0 Å². The van der Waals surface area contributed by atoms with Crippen LogP contribution >= 0.6 is 0 Å². The zero-order chi connectivity index (χ0) is 56.2. The lowest BCUT2D eigenvalue weighted by atomic mass is 10.0. The van der Waals surface area contributed by atoms with Crippen LogP contribution in [-0.2, 0) is 4.79 Å². The first-order chi connectivity index (χ1) is 38.7.